The van der Waals surface area contributed by atoms with Crippen LogP contribution in [-0.2, 0) is 16.1 Å². The quantitative estimate of drug-likeness (QED) is 0.771. The Hall–Kier alpha value is -2.64. The summed E-state index contributed by atoms with van der Waals surface area (Å²) in [5.74, 6) is -1.64. The molecule has 2 heterocycles. The number of fused-ring (bicyclic) bond motifs is 1. The zero-order valence-electron chi connectivity index (χ0n) is 11.5. The Morgan fingerprint density at radius 1 is 1.43 bits per heavy atom. The highest BCUT2D eigenvalue weighted by Gasteiger charge is 2.19. The second kappa shape index (κ2) is 6.21. The molecule has 2 N–H and O–H groups in total. The highest BCUT2D eigenvalue weighted by Crippen LogP contribution is 1.98. The molecule has 0 fully saturated rings. The second-order valence-corrected chi connectivity index (χ2v) is 4.62. The van der Waals surface area contributed by atoms with Crippen LogP contribution in [0.1, 0.15) is 19.8 Å². The minimum atomic E-state index is -1.09. The van der Waals surface area contributed by atoms with E-state index in [2.05, 4.69) is 10.4 Å². The van der Waals surface area contributed by atoms with Crippen molar-refractivity contribution < 1.29 is 14.7 Å². The van der Waals surface area contributed by atoms with Crippen LogP contribution in [0.15, 0.2) is 29.2 Å². The van der Waals surface area contributed by atoms with E-state index in [0.717, 1.165) is 4.68 Å². The van der Waals surface area contributed by atoms with Gasteiger partial charge in [0.05, 0.1) is 0 Å². The van der Waals surface area contributed by atoms with Crippen molar-refractivity contribution in [2.45, 2.75) is 32.4 Å². The van der Waals surface area contributed by atoms with Gasteiger partial charge in [0.2, 0.25) is 5.91 Å². The van der Waals surface area contributed by atoms with Crippen LogP contribution in [0.2, 0.25) is 0 Å². The molecular formula is C13H16N4O4. The molecular weight excluding hydrogens is 276 g/mol. The van der Waals surface area contributed by atoms with Gasteiger partial charge >= 0.3 is 11.7 Å². The smallest absolute Gasteiger partial charge is 0.350 e. The summed E-state index contributed by atoms with van der Waals surface area (Å²) < 4.78 is 2.32. The molecule has 112 valence electrons. The summed E-state index contributed by atoms with van der Waals surface area (Å²) in [6, 6.07) is 4.11. The molecule has 0 spiro atoms. The van der Waals surface area contributed by atoms with Crippen LogP contribution in [-0.4, -0.2) is 37.2 Å². The number of aromatic nitrogens is 3. The maximum atomic E-state index is 12.0. The molecule has 2 aromatic heterocycles. The second-order valence-electron chi connectivity index (χ2n) is 4.62. The Kier molecular flexibility index (Phi) is 4.36. The van der Waals surface area contributed by atoms with E-state index < -0.39 is 23.6 Å². The zero-order valence-corrected chi connectivity index (χ0v) is 11.5. The normalized spacial score (nSPS) is 12.2. The highest BCUT2D eigenvalue weighted by atomic mass is 16.4. The van der Waals surface area contributed by atoms with Crippen LogP contribution in [0.5, 0.6) is 0 Å². The summed E-state index contributed by atoms with van der Waals surface area (Å²) in [6.45, 7) is 1.52. The van der Waals surface area contributed by atoms with E-state index >= 15 is 0 Å². The summed E-state index contributed by atoms with van der Waals surface area (Å²) in [7, 11) is 0. The molecule has 2 rings (SSSR count). The van der Waals surface area contributed by atoms with Crippen LogP contribution in [0, 0.1) is 0 Å². The van der Waals surface area contributed by atoms with Crippen molar-refractivity contribution in [3.05, 3.63) is 34.9 Å². The largest absolute Gasteiger partial charge is 0.480 e. The van der Waals surface area contributed by atoms with Crippen molar-refractivity contribution in [1.82, 2.24) is 19.5 Å². The molecule has 0 bridgehead atoms. The molecule has 2 aromatic rings. The van der Waals surface area contributed by atoms with Crippen molar-refractivity contribution in [2.24, 2.45) is 0 Å². The van der Waals surface area contributed by atoms with Crippen molar-refractivity contribution in [1.29, 1.82) is 0 Å². The number of carboxylic acid groups (broad SMARTS) is 1. The fraction of sp³-hybridized carbons (Fsp3) is 0.385. The van der Waals surface area contributed by atoms with Gasteiger partial charge in [-0.2, -0.15) is 0 Å². The van der Waals surface area contributed by atoms with E-state index in [9.17, 15) is 14.4 Å². The van der Waals surface area contributed by atoms with Crippen molar-refractivity contribution in [3.63, 3.8) is 0 Å². The molecule has 0 aliphatic carbocycles. The molecule has 0 aromatic carbocycles. The maximum absolute atomic E-state index is 12.0. The first-order chi connectivity index (χ1) is 10.0. The summed E-state index contributed by atoms with van der Waals surface area (Å²) >= 11 is 0. The summed E-state index contributed by atoms with van der Waals surface area (Å²) in [5.41, 5.74) is -0.0123. The lowest BCUT2D eigenvalue weighted by Crippen LogP contribution is -2.43. The van der Waals surface area contributed by atoms with Gasteiger partial charge in [-0.15, -0.1) is 5.10 Å². The third kappa shape index (κ3) is 3.28. The molecule has 8 nitrogen and oxygen atoms in total. The zero-order chi connectivity index (χ0) is 15.4. The third-order valence-corrected chi connectivity index (χ3v) is 2.99. The number of pyridine rings is 1. The number of hydrogen-bond donors (Lipinski definition) is 2. The SMILES string of the molecule is CCC[C@H](NC(=O)Cn1nc2ccccn2c1=O)C(=O)O. The molecule has 0 saturated heterocycles. The Balaban J connectivity index is 2.12. The molecule has 1 atom stereocenters. The van der Waals surface area contributed by atoms with Crippen molar-refractivity contribution in [2.75, 3.05) is 0 Å². The van der Waals surface area contributed by atoms with Crippen LogP contribution in [0.4, 0.5) is 0 Å². The first-order valence-corrected chi connectivity index (χ1v) is 6.59. The summed E-state index contributed by atoms with van der Waals surface area (Å²) in [5, 5.41) is 15.4. The van der Waals surface area contributed by atoms with E-state index in [0.29, 0.717) is 18.5 Å². The first-order valence-electron chi connectivity index (χ1n) is 6.59. The van der Waals surface area contributed by atoms with Crippen LogP contribution < -0.4 is 11.0 Å². The van der Waals surface area contributed by atoms with Gasteiger partial charge in [0.1, 0.15) is 12.6 Å². The minimum absolute atomic E-state index is 0.312. The van der Waals surface area contributed by atoms with Gasteiger partial charge in [0, 0.05) is 6.20 Å². The van der Waals surface area contributed by atoms with E-state index in [1.165, 1.54) is 4.40 Å². The van der Waals surface area contributed by atoms with E-state index in [1.807, 2.05) is 6.92 Å². The van der Waals surface area contributed by atoms with Gasteiger partial charge < -0.3 is 10.4 Å². The number of hydrogen-bond acceptors (Lipinski definition) is 4. The molecule has 0 aliphatic heterocycles. The first kappa shape index (κ1) is 14.8. The number of carbonyl (C=O) groups excluding carboxylic acids is 1. The Morgan fingerprint density at radius 2 is 2.19 bits per heavy atom. The molecule has 1 amide bonds. The van der Waals surface area contributed by atoms with Crippen LogP contribution in [0.3, 0.4) is 0 Å². The topological polar surface area (TPSA) is 106 Å². The predicted molar refractivity (Wildman–Crippen MR) is 73.9 cm³/mol. The number of nitrogens with one attached hydrogen (secondary N) is 1. The Labute approximate surface area is 120 Å². The number of carboxylic acids is 1. The number of carbonyl (C=O) groups is 2. The lowest BCUT2D eigenvalue weighted by Gasteiger charge is -2.12. The number of amides is 1. The van der Waals surface area contributed by atoms with E-state index in [4.69, 9.17) is 5.11 Å². The molecule has 8 heteroatoms. The van der Waals surface area contributed by atoms with Gasteiger partial charge in [0.25, 0.3) is 0 Å². The standard InChI is InChI=1S/C13H16N4O4/c1-2-5-9(12(19)20)14-11(18)8-17-13(21)16-7-4-3-6-10(16)15-17/h3-4,6-7,9H,2,5,8H2,1H3,(H,14,18)(H,19,20)/t9-/m0/s1. The lowest BCUT2D eigenvalue weighted by atomic mass is 10.1. The van der Waals surface area contributed by atoms with Gasteiger partial charge in [0.15, 0.2) is 5.65 Å². The number of aliphatic carboxylic acids is 1. The Bertz CT molecular complexity index is 718. The minimum Gasteiger partial charge on any atom is -0.480 e. The average molecular weight is 292 g/mol. The van der Waals surface area contributed by atoms with Crippen molar-refractivity contribution >= 4 is 17.5 Å². The van der Waals surface area contributed by atoms with Gasteiger partial charge in [-0.05, 0) is 18.6 Å². The fourth-order valence-corrected chi connectivity index (χ4v) is 1.99. The van der Waals surface area contributed by atoms with Gasteiger partial charge in [-0.1, -0.05) is 19.4 Å². The molecule has 0 radical (unpaired) electrons. The summed E-state index contributed by atoms with van der Waals surface area (Å²) in [4.78, 5) is 34.8. The molecule has 0 saturated carbocycles. The van der Waals surface area contributed by atoms with Crippen LogP contribution >= 0.6 is 0 Å². The van der Waals surface area contributed by atoms with Gasteiger partial charge in [-0.3, -0.25) is 9.20 Å². The molecule has 0 aliphatic rings. The van der Waals surface area contributed by atoms with Crippen molar-refractivity contribution in [3.8, 4) is 0 Å². The van der Waals surface area contributed by atoms with E-state index in [1.54, 1.807) is 24.4 Å². The summed E-state index contributed by atoms with van der Waals surface area (Å²) in [6.07, 6.45) is 2.52. The maximum Gasteiger partial charge on any atom is 0.350 e. The predicted octanol–water partition coefficient (Wildman–Crippen LogP) is -0.135. The van der Waals surface area contributed by atoms with E-state index in [-0.39, 0.29) is 6.54 Å². The number of nitrogens with zero attached hydrogens (tertiary/aromatic N) is 3. The van der Waals surface area contributed by atoms with Crippen LogP contribution in [0.25, 0.3) is 5.65 Å². The Morgan fingerprint density at radius 3 is 2.81 bits per heavy atom. The third-order valence-electron chi connectivity index (χ3n) is 2.99. The molecule has 21 heavy (non-hydrogen) atoms. The monoisotopic (exact) mass is 292 g/mol. The van der Waals surface area contributed by atoms with Gasteiger partial charge in [-0.25, -0.2) is 14.3 Å². The molecule has 0 unspecified atom stereocenters. The average Bonchev–Trinajstić information content (AvgIpc) is 2.75. The fourth-order valence-electron chi connectivity index (χ4n) is 1.99. The lowest BCUT2D eigenvalue weighted by molar-refractivity contribution is -0.142. The highest BCUT2D eigenvalue weighted by molar-refractivity contribution is 5.83. The number of rotatable bonds is 6.